The summed E-state index contributed by atoms with van der Waals surface area (Å²) in [6.45, 7) is 13.1. The van der Waals surface area contributed by atoms with Crippen molar-refractivity contribution < 1.29 is 5.11 Å². The van der Waals surface area contributed by atoms with Crippen molar-refractivity contribution in [2.45, 2.75) is 73.3 Å². The predicted molar refractivity (Wildman–Crippen MR) is 93.3 cm³/mol. The van der Waals surface area contributed by atoms with Crippen LogP contribution in [0.1, 0.15) is 67.2 Å². The van der Waals surface area contributed by atoms with Crippen LogP contribution in [0.3, 0.4) is 0 Å². The van der Waals surface area contributed by atoms with Crippen LogP contribution in [0.2, 0.25) is 0 Å². The Labute approximate surface area is 131 Å². The molecule has 0 heterocycles. The van der Waals surface area contributed by atoms with Gasteiger partial charge in [0.15, 0.2) is 0 Å². The maximum Gasteiger partial charge on any atom is 0.0763 e. The highest BCUT2D eigenvalue weighted by Gasteiger charge is 2.26. The lowest BCUT2D eigenvalue weighted by atomic mass is 9.72. The average Bonchev–Trinajstić information content (AvgIpc) is 2.36. The van der Waals surface area contributed by atoms with Crippen LogP contribution in [0, 0.1) is 5.41 Å². The van der Waals surface area contributed by atoms with Gasteiger partial charge in [-0.1, -0.05) is 54.9 Å². The number of aliphatic hydroxyl groups excluding tert-OH is 1. The Hall–Kier alpha value is -1.08. The van der Waals surface area contributed by atoms with Gasteiger partial charge in [0, 0.05) is 0 Å². The first-order chi connectivity index (χ1) is 9.76. The molecule has 1 rings (SSSR count). The molecular formula is C20H32O. The molecule has 0 aromatic carbocycles. The quantitative estimate of drug-likeness (QED) is 0.506. The zero-order valence-electron chi connectivity index (χ0n) is 14.7. The van der Waals surface area contributed by atoms with E-state index in [1.54, 1.807) is 0 Å². The molecule has 1 atom stereocenters. The van der Waals surface area contributed by atoms with Crippen LogP contribution in [0.4, 0.5) is 0 Å². The average molecular weight is 288 g/mol. The van der Waals surface area contributed by atoms with Gasteiger partial charge >= 0.3 is 0 Å². The third-order valence-electron chi connectivity index (χ3n) is 4.53. The molecular weight excluding hydrogens is 256 g/mol. The van der Waals surface area contributed by atoms with Crippen molar-refractivity contribution in [3.63, 3.8) is 0 Å². The number of hydrogen-bond donors (Lipinski definition) is 1. The lowest BCUT2D eigenvalue weighted by Gasteiger charge is -2.33. The van der Waals surface area contributed by atoms with Crippen LogP contribution in [-0.2, 0) is 0 Å². The molecule has 0 saturated heterocycles. The van der Waals surface area contributed by atoms with E-state index >= 15 is 0 Å². The van der Waals surface area contributed by atoms with Gasteiger partial charge < -0.3 is 5.11 Å². The number of rotatable bonds is 5. The number of allylic oxidation sites excluding steroid dienone is 6. The van der Waals surface area contributed by atoms with E-state index < -0.39 is 0 Å². The molecule has 0 bridgehead atoms. The first-order valence-corrected chi connectivity index (χ1v) is 8.13. The van der Waals surface area contributed by atoms with Gasteiger partial charge in [-0.15, -0.1) is 0 Å². The highest BCUT2D eigenvalue weighted by Crippen LogP contribution is 2.40. The standard InChI is InChI=1S/C20H32O/c1-7-15(2)13-18(21)14-16(3)10-11-19-17(4)9-8-12-20(19,5)6/h7,10-11,14,18,21H,8-9,12-13H2,1-6H3. The Bertz CT molecular complexity index is 472. The molecule has 21 heavy (non-hydrogen) atoms. The zero-order valence-corrected chi connectivity index (χ0v) is 14.7. The molecule has 0 fully saturated rings. The lowest BCUT2D eigenvalue weighted by Crippen LogP contribution is -2.19. The van der Waals surface area contributed by atoms with E-state index in [2.05, 4.69) is 52.8 Å². The van der Waals surface area contributed by atoms with Crippen LogP contribution in [0.5, 0.6) is 0 Å². The highest BCUT2D eigenvalue weighted by molar-refractivity contribution is 5.36. The van der Waals surface area contributed by atoms with Gasteiger partial charge in [0.2, 0.25) is 0 Å². The first-order valence-electron chi connectivity index (χ1n) is 8.13. The van der Waals surface area contributed by atoms with Gasteiger partial charge in [0.05, 0.1) is 6.10 Å². The molecule has 0 aromatic heterocycles. The molecule has 0 radical (unpaired) electrons. The maximum absolute atomic E-state index is 10.0. The van der Waals surface area contributed by atoms with Crippen LogP contribution in [0.15, 0.2) is 46.6 Å². The topological polar surface area (TPSA) is 20.2 Å². The van der Waals surface area contributed by atoms with E-state index in [0.717, 1.165) is 12.0 Å². The van der Waals surface area contributed by atoms with Crippen molar-refractivity contribution >= 4 is 0 Å². The van der Waals surface area contributed by atoms with Crippen molar-refractivity contribution in [2.24, 2.45) is 5.41 Å². The fourth-order valence-electron chi connectivity index (χ4n) is 3.09. The van der Waals surface area contributed by atoms with E-state index in [1.807, 2.05) is 13.0 Å². The Kier molecular flexibility index (Phi) is 6.67. The minimum Gasteiger partial charge on any atom is -0.389 e. The molecule has 0 aromatic rings. The summed E-state index contributed by atoms with van der Waals surface area (Å²) in [7, 11) is 0. The smallest absolute Gasteiger partial charge is 0.0763 e. The maximum atomic E-state index is 10.0. The van der Waals surface area contributed by atoms with Crippen molar-refractivity contribution in [3.05, 3.63) is 46.6 Å². The van der Waals surface area contributed by atoms with E-state index in [9.17, 15) is 5.11 Å². The third kappa shape index (κ3) is 5.67. The Balaban J connectivity index is 2.79. The summed E-state index contributed by atoms with van der Waals surface area (Å²) in [5.74, 6) is 0. The molecule has 1 aliphatic carbocycles. The second kappa shape index (κ2) is 7.79. The first kappa shape index (κ1) is 18.0. The zero-order chi connectivity index (χ0) is 16.0. The molecule has 1 nitrogen and oxygen atoms in total. The summed E-state index contributed by atoms with van der Waals surface area (Å²) in [4.78, 5) is 0. The van der Waals surface area contributed by atoms with Crippen LogP contribution in [-0.4, -0.2) is 11.2 Å². The summed E-state index contributed by atoms with van der Waals surface area (Å²) >= 11 is 0. The molecule has 0 saturated carbocycles. The van der Waals surface area contributed by atoms with E-state index in [1.165, 1.54) is 36.0 Å². The van der Waals surface area contributed by atoms with Crippen LogP contribution >= 0.6 is 0 Å². The van der Waals surface area contributed by atoms with Crippen LogP contribution in [0.25, 0.3) is 0 Å². The summed E-state index contributed by atoms with van der Waals surface area (Å²) in [5.41, 5.74) is 5.62. The van der Waals surface area contributed by atoms with E-state index in [0.29, 0.717) is 0 Å². The molecule has 1 N–H and O–H groups in total. The minimum atomic E-state index is -0.389. The van der Waals surface area contributed by atoms with Crippen molar-refractivity contribution in [1.29, 1.82) is 0 Å². The second-order valence-electron chi connectivity index (χ2n) is 7.08. The number of aliphatic hydroxyl groups is 1. The third-order valence-corrected chi connectivity index (χ3v) is 4.53. The molecule has 1 aliphatic rings. The minimum absolute atomic E-state index is 0.277. The Morgan fingerprint density at radius 3 is 2.57 bits per heavy atom. The van der Waals surface area contributed by atoms with Crippen LogP contribution < -0.4 is 0 Å². The molecule has 0 spiro atoms. The van der Waals surface area contributed by atoms with Gasteiger partial charge in [-0.2, -0.15) is 0 Å². The lowest BCUT2D eigenvalue weighted by molar-refractivity contribution is 0.223. The van der Waals surface area contributed by atoms with Gasteiger partial charge in [0.1, 0.15) is 0 Å². The monoisotopic (exact) mass is 288 g/mol. The van der Waals surface area contributed by atoms with Gasteiger partial charge in [-0.25, -0.2) is 0 Å². The SMILES string of the molecule is CC=C(C)CC(O)C=C(C)C=CC1=C(C)CCCC1(C)C. The molecule has 0 amide bonds. The van der Waals surface area contributed by atoms with Crippen molar-refractivity contribution in [2.75, 3.05) is 0 Å². The van der Waals surface area contributed by atoms with Gasteiger partial charge in [-0.05, 0) is 64.4 Å². The Morgan fingerprint density at radius 2 is 2.00 bits per heavy atom. The van der Waals surface area contributed by atoms with Crippen molar-refractivity contribution in [1.82, 2.24) is 0 Å². The largest absolute Gasteiger partial charge is 0.389 e. The second-order valence-corrected chi connectivity index (χ2v) is 7.08. The number of hydrogen-bond acceptors (Lipinski definition) is 1. The van der Waals surface area contributed by atoms with E-state index in [4.69, 9.17) is 0 Å². The molecule has 118 valence electrons. The Morgan fingerprint density at radius 1 is 1.33 bits per heavy atom. The summed E-state index contributed by atoms with van der Waals surface area (Å²) in [5, 5.41) is 10.0. The van der Waals surface area contributed by atoms with E-state index in [-0.39, 0.29) is 11.5 Å². The molecule has 1 unspecified atom stereocenters. The molecule has 0 aliphatic heterocycles. The van der Waals surface area contributed by atoms with Crippen molar-refractivity contribution in [3.8, 4) is 0 Å². The van der Waals surface area contributed by atoms with Gasteiger partial charge in [0.25, 0.3) is 0 Å². The summed E-state index contributed by atoms with van der Waals surface area (Å²) < 4.78 is 0. The van der Waals surface area contributed by atoms with Gasteiger partial charge in [-0.3, -0.25) is 0 Å². The normalized spacial score (nSPS) is 22.0. The molecule has 1 heteroatoms. The fourth-order valence-corrected chi connectivity index (χ4v) is 3.09. The fraction of sp³-hybridized carbons (Fsp3) is 0.600. The predicted octanol–water partition coefficient (Wildman–Crippen LogP) is 5.73. The summed E-state index contributed by atoms with van der Waals surface area (Å²) in [6.07, 6.45) is 12.5. The highest BCUT2D eigenvalue weighted by atomic mass is 16.3. The summed E-state index contributed by atoms with van der Waals surface area (Å²) in [6, 6.07) is 0.